The standard InChI is InChI=1S/C11H13N3O4S/c15-8-6-14(4-3-12-8)11(18)13-9(10(16)17)7-2-1-5-19-7/h1-2,5,9H,3-4,6H2,(H,12,15)(H,13,18)(H,16,17). The van der Waals surface area contributed by atoms with Gasteiger partial charge in [0.05, 0.1) is 0 Å². The van der Waals surface area contributed by atoms with Gasteiger partial charge in [-0.3, -0.25) is 4.79 Å². The van der Waals surface area contributed by atoms with Crippen molar-refractivity contribution >= 4 is 29.2 Å². The molecule has 1 saturated heterocycles. The maximum Gasteiger partial charge on any atom is 0.331 e. The van der Waals surface area contributed by atoms with Crippen molar-refractivity contribution in [2.45, 2.75) is 6.04 Å². The zero-order valence-corrected chi connectivity index (χ0v) is 10.8. The minimum Gasteiger partial charge on any atom is -0.479 e. The number of nitrogens with one attached hydrogen (secondary N) is 2. The molecule has 2 heterocycles. The molecule has 19 heavy (non-hydrogen) atoms. The fourth-order valence-electron chi connectivity index (χ4n) is 1.74. The number of carbonyl (C=O) groups excluding carboxylic acids is 2. The maximum atomic E-state index is 11.9. The van der Waals surface area contributed by atoms with Crippen LogP contribution in [0, 0.1) is 0 Å². The first-order valence-corrected chi connectivity index (χ1v) is 6.54. The van der Waals surface area contributed by atoms with Crippen LogP contribution in [-0.2, 0) is 9.59 Å². The number of nitrogens with zero attached hydrogens (tertiary/aromatic N) is 1. The third kappa shape index (κ3) is 3.22. The van der Waals surface area contributed by atoms with Gasteiger partial charge in [0.15, 0.2) is 6.04 Å². The van der Waals surface area contributed by atoms with E-state index in [0.29, 0.717) is 18.0 Å². The van der Waals surface area contributed by atoms with Gasteiger partial charge in [-0.15, -0.1) is 11.3 Å². The van der Waals surface area contributed by atoms with Crippen molar-refractivity contribution in [3.8, 4) is 0 Å². The van der Waals surface area contributed by atoms with Crippen molar-refractivity contribution in [1.29, 1.82) is 0 Å². The van der Waals surface area contributed by atoms with E-state index in [-0.39, 0.29) is 12.5 Å². The molecule has 1 aromatic heterocycles. The first-order chi connectivity index (χ1) is 9.08. The number of carboxylic acids is 1. The monoisotopic (exact) mass is 283 g/mol. The Morgan fingerprint density at radius 2 is 2.32 bits per heavy atom. The second-order valence-corrected chi connectivity index (χ2v) is 4.99. The largest absolute Gasteiger partial charge is 0.479 e. The molecule has 7 nitrogen and oxygen atoms in total. The highest BCUT2D eigenvalue weighted by atomic mass is 32.1. The van der Waals surface area contributed by atoms with Crippen LogP contribution in [0.4, 0.5) is 4.79 Å². The van der Waals surface area contributed by atoms with E-state index < -0.39 is 18.0 Å². The van der Waals surface area contributed by atoms with Crippen LogP contribution < -0.4 is 10.6 Å². The number of hydrogen-bond acceptors (Lipinski definition) is 4. The normalized spacial score (nSPS) is 16.6. The Bertz CT molecular complexity index is 488. The number of piperazine rings is 1. The average Bonchev–Trinajstić information content (AvgIpc) is 2.88. The van der Waals surface area contributed by atoms with Crippen LogP contribution in [0.2, 0.25) is 0 Å². The molecule has 0 aliphatic carbocycles. The molecule has 1 aliphatic rings. The van der Waals surface area contributed by atoms with Gasteiger partial charge in [0.25, 0.3) is 0 Å². The Labute approximate surface area is 113 Å². The topological polar surface area (TPSA) is 98.7 Å². The molecule has 102 valence electrons. The molecule has 0 bridgehead atoms. The molecule has 0 radical (unpaired) electrons. The molecule has 2 rings (SSSR count). The van der Waals surface area contributed by atoms with Gasteiger partial charge in [-0.25, -0.2) is 9.59 Å². The lowest BCUT2D eigenvalue weighted by Crippen LogP contribution is -2.53. The van der Waals surface area contributed by atoms with Crippen LogP contribution in [0.5, 0.6) is 0 Å². The van der Waals surface area contributed by atoms with Crippen molar-refractivity contribution < 1.29 is 19.5 Å². The molecule has 1 aromatic rings. The Hall–Kier alpha value is -2.09. The van der Waals surface area contributed by atoms with E-state index in [1.165, 1.54) is 16.2 Å². The van der Waals surface area contributed by atoms with E-state index in [1.807, 2.05) is 0 Å². The summed E-state index contributed by atoms with van der Waals surface area (Å²) in [6.45, 7) is 0.694. The number of carbonyl (C=O) groups is 3. The number of hydrogen-bond donors (Lipinski definition) is 3. The molecule has 1 aliphatic heterocycles. The summed E-state index contributed by atoms with van der Waals surface area (Å²) in [6.07, 6.45) is 0. The van der Waals surface area contributed by atoms with Gasteiger partial charge in [-0.1, -0.05) is 6.07 Å². The summed E-state index contributed by atoms with van der Waals surface area (Å²) in [6, 6.07) is 1.73. The third-order valence-electron chi connectivity index (χ3n) is 2.67. The summed E-state index contributed by atoms with van der Waals surface area (Å²) in [5.41, 5.74) is 0. The molecule has 8 heteroatoms. The third-order valence-corrected chi connectivity index (χ3v) is 3.61. The fraction of sp³-hybridized carbons (Fsp3) is 0.364. The molecule has 0 aromatic carbocycles. The number of rotatable bonds is 3. The molecule has 3 N–H and O–H groups in total. The van der Waals surface area contributed by atoms with Crippen LogP contribution in [0.3, 0.4) is 0 Å². The highest BCUT2D eigenvalue weighted by Crippen LogP contribution is 2.19. The number of carboxylic acid groups (broad SMARTS) is 1. The zero-order chi connectivity index (χ0) is 13.8. The number of thiophene rings is 1. The van der Waals surface area contributed by atoms with Gasteiger partial charge in [-0.2, -0.15) is 0 Å². The zero-order valence-electron chi connectivity index (χ0n) is 9.96. The Kier molecular flexibility index (Phi) is 4.00. The highest BCUT2D eigenvalue weighted by molar-refractivity contribution is 7.10. The number of amides is 3. The van der Waals surface area contributed by atoms with Crippen molar-refractivity contribution in [3.63, 3.8) is 0 Å². The minimum absolute atomic E-state index is 0.0530. The summed E-state index contributed by atoms with van der Waals surface area (Å²) in [7, 11) is 0. The van der Waals surface area contributed by atoms with E-state index in [1.54, 1.807) is 17.5 Å². The number of aliphatic carboxylic acids is 1. The summed E-state index contributed by atoms with van der Waals surface area (Å²) in [4.78, 5) is 36.1. The predicted octanol–water partition coefficient (Wildman–Crippen LogP) is 0.0152. The molecule has 0 spiro atoms. The van der Waals surface area contributed by atoms with Crippen molar-refractivity contribution in [1.82, 2.24) is 15.5 Å². The fourth-order valence-corrected chi connectivity index (χ4v) is 2.50. The van der Waals surface area contributed by atoms with E-state index in [4.69, 9.17) is 5.11 Å². The summed E-state index contributed by atoms with van der Waals surface area (Å²) in [5, 5.41) is 15.9. The minimum atomic E-state index is -1.13. The molecule has 3 amide bonds. The highest BCUT2D eigenvalue weighted by Gasteiger charge is 2.27. The van der Waals surface area contributed by atoms with Crippen molar-refractivity contribution in [3.05, 3.63) is 22.4 Å². The number of urea groups is 1. The van der Waals surface area contributed by atoms with Gasteiger partial charge in [-0.05, 0) is 11.4 Å². The van der Waals surface area contributed by atoms with Gasteiger partial charge in [0, 0.05) is 18.0 Å². The van der Waals surface area contributed by atoms with Gasteiger partial charge in [0.1, 0.15) is 6.54 Å². The van der Waals surface area contributed by atoms with Crippen molar-refractivity contribution in [2.75, 3.05) is 19.6 Å². The Morgan fingerprint density at radius 3 is 2.89 bits per heavy atom. The molecular formula is C11H13N3O4S. The average molecular weight is 283 g/mol. The first kappa shape index (κ1) is 13.3. The molecule has 1 unspecified atom stereocenters. The molecule has 0 saturated carbocycles. The van der Waals surface area contributed by atoms with E-state index in [2.05, 4.69) is 10.6 Å². The molecule has 1 fully saturated rings. The van der Waals surface area contributed by atoms with E-state index in [9.17, 15) is 14.4 Å². The summed E-state index contributed by atoms with van der Waals surface area (Å²) < 4.78 is 0. The van der Waals surface area contributed by atoms with Crippen molar-refractivity contribution in [2.24, 2.45) is 0 Å². The second kappa shape index (κ2) is 5.70. The smallest absolute Gasteiger partial charge is 0.331 e. The summed E-state index contributed by atoms with van der Waals surface area (Å²) in [5.74, 6) is -1.37. The summed E-state index contributed by atoms with van der Waals surface area (Å²) >= 11 is 1.26. The Morgan fingerprint density at radius 1 is 1.53 bits per heavy atom. The van der Waals surface area contributed by atoms with Gasteiger partial charge in [0.2, 0.25) is 5.91 Å². The van der Waals surface area contributed by atoms with Crippen LogP contribution in [0.1, 0.15) is 10.9 Å². The first-order valence-electron chi connectivity index (χ1n) is 5.66. The maximum absolute atomic E-state index is 11.9. The quantitative estimate of drug-likeness (QED) is 0.728. The van der Waals surface area contributed by atoms with Crippen LogP contribution in [0.25, 0.3) is 0 Å². The SMILES string of the molecule is O=C1CN(C(=O)NC(C(=O)O)c2cccs2)CCN1. The lowest BCUT2D eigenvalue weighted by atomic mass is 10.2. The van der Waals surface area contributed by atoms with E-state index >= 15 is 0 Å². The lowest BCUT2D eigenvalue weighted by Gasteiger charge is -2.28. The lowest BCUT2D eigenvalue weighted by molar-refractivity contribution is -0.139. The van der Waals surface area contributed by atoms with Gasteiger partial charge < -0.3 is 20.6 Å². The van der Waals surface area contributed by atoms with Gasteiger partial charge >= 0.3 is 12.0 Å². The van der Waals surface area contributed by atoms with Crippen LogP contribution in [0.15, 0.2) is 17.5 Å². The van der Waals surface area contributed by atoms with Crippen LogP contribution >= 0.6 is 11.3 Å². The molecule has 1 atom stereocenters. The Balaban J connectivity index is 2.03. The second-order valence-electron chi connectivity index (χ2n) is 4.01. The van der Waals surface area contributed by atoms with Crippen LogP contribution in [-0.4, -0.2) is 47.5 Å². The van der Waals surface area contributed by atoms with E-state index in [0.717, 1.165) is 0 Å². The predicted molar refractivity (Wildman–Crippen MR) is 67.8 cm³/mol. The molecular weight excluding hydrogens is 270 g/mol.